The summed E-state index contributed by atoms with van der Waals surface area (Å²) in [5, 5.41) is 9.81. The summed E-state index contributed by atoms with van der Waals surface area (Å²) in [6.07, 6.45) is 5.86. The van der Waals surface area contributed by atoms with Crippen LogP contribution in [-0.4, -0.2) is 18.8 Å². The van der Waals surface area contributed by atoms with Crippen molar-refractivity contribution in [3.05, 3.63) is 77.4 Å². The van der Waals surface area contributed by atoms with Gasteiger partial charge in [-0.05, 0) is 79.7 Å². The molecule has 0 saturated heterocycles. The predicted molar refractivity (Wildman–Crippen MR) is 128 cm³/mol. The van der Waals surface area contributed by atoms with Crippen LogP contribution in [-0.2, 0) is 0 Å². The number of nitriles is 1. The van der Waals surface area contributed by atoms with E-state index in [2.05, 4.69) is 69.0 Å². The lowest BCUT2D eigenvalue weighted by molar-refractivity contribution is 0.376. The Hall–Kier alpha value is -3.12. The topological polar surface area (TPSA) is 39.4 Å². The molecule has 0 aliphatic heterocycles. The van der Waals surface area contributed by atoms with Crippen LogP contribution in [0.15, 0.2) is 76.8 Å². The van der Waals surface area contributed by atoms with Crippen LogP contribution in [0.4, 0.5) is 11.4 Å². The van der Waals surface area contributed by atoms with Gasteiger partial charge < -0.3 is 4.90 Å². The van der Waals surface area contributed by atoms with Crippen LogP contribution >= 0.6 is 0 Å². The standard InChI is InChI=1S/C27H31N3/c1-5-30(6-2)26-14-12-24(13-15-26)29-25-17-22(18-27(3,4)19-25)23(20-28)16-21-10-8-7-9-11-21/h7-17H,5-6,18-19H2,1-4H3. The summed E-state index contributed by atoms with van der Waals surface area (Å²) in [6, 6.07) is 20.9. The molecule has 0 bridgehead atoms. The minimum absolute atomic E-state index is 0.0662. The number of anilines is 1. The third-order valence-corrected chi connectivity index (χ3v) is 5.50. The quantitative estimate of drug-likeness (QED) is 0.494. The molecule has 154 valence electrons. The third kappa shape index (κ3) is 5.48. The Morgan fingerprint density at radius 2 is 1.70 bits per heavy atom. The first-order valence-corrected chi connectivity index (χ1v) is 10.7. The average Bonchev–Trinajstić information content (AvgIpc) is 2.73. The predicted octanol–water partition coefficient (Wildman–Crippen LogP) is 6.96. The number of allylic oxidation sites excluding steroid dienone is 3. The molecular formula is C27H31N3. The van der Waals surface area contributed by atoms with E-state index < -0.39 is 0 Å². The summed E-state index contributed by atoms with van der Waals surface area (Å²) < 4.78 is 0. The van der Waals surface area contributed by atoms with Crippen LogP contribution in [0.3, 0.4) is 0 Å². The summed E-state index contributed by atoms with van der Waals surface area (Å²) in [4.78, 5) is 7.25. The maximum absolute atomic E-state index is 9.81. The summed E-state index contributed by atoms with van der Waals surface area (Å²) in [5.74, 6) is 0. The first-order chi connectivity index (χ1) is 14.4. The van der Waals surface area contributed by atoms with Crippen molar-refractivity contribution in [1.29, 1.82) is 5.26 Å². The molecule has 2 aromatic rings. The van der Waals surface area contributed by atoms with Crippen LogP contribution in [0.1, 0.15) is 46.1 Å². The van der Waals surface area contributed by atoms with Gasteiger partial charge in [-0.3, -0.25) is 4.99 Å². The maximum Gasteiger partial charge on any atom is 0.0994 e. The van der Waals surface area contributed by atoms with Crippen molar-refractivity contribution in [2.75, 3.05) is 18.0 Å². The van der Waals surface area contributed by atoms with Gasteiger partial charge in [0, 0.05) is 24.5 Å². The summed E-state index contributed by atoms with van der Waals surface area (Å²) in [7, 11) is 0. The van der Waals surface area contributed by atoms with Gasteiger partial charge in [0.05, 0.1) is 17.3 Å². The SMILES string of the molecule is CCN(CC)c1ccc(N=C2C=C(C(C#N)=Cc3ccccc3)CC(C)(C)C2)cc1. The third-order valence-electron chi connectivity index (χ3n) is 5.50. The second-order valence-corrected chi connectivity index (χ2v) is 8.56. The van der Waals surface area contributed by atoms with Crippen molar-refractivity contribution in [3.8, 4) is 6.07 Å². The van der Waals surface area contributed by atoms with Gasteiger partial charge >= 0.3 is 0 Å². The van der Waals surface area contributed by atoms with E-state index in [0.29, 0.717) is 0 Å². The smallest absolute Gasteiger partial charge is 0.0994 e. The highest BCUT2D eigenvalue weighted by Crippen LogP contribution is 2.38. The molecule has 0 heterocycles. The van der Waals surface area contributed by atoms with Gasteiger partial charge in [0.1, 0.15) is 0 Å². The lowest BCUT2D eigenvalue weighted by Crippen LogP contribution is -2.22. The van der Waals surface area contributed by atoms with Crippen LogP contribution in [0.2, 0.25) is 0 Å². The molecule has 0 spiro atoms. The Kier molecular flexibility index (Phi) is 6.90. The molecule has 0 fully saturated rings. The lowest BCUT2D eigenvalue weighted by Gasteiger charge is -2.30. The first kappa shape index (κ1) is 21.6. The highest BCUT2D eigenvalue weighted by molar-refractivity contribution is 5.99. The molecule has 3 heteroatoms. The van der Waals surface area contributed by atoms with E-state index in [1.807, 2.05) is 36.4 Å². The van der Waals surface area contributed by atoms with Gasteiger partial charge in [0.15, 0.2) is 0 Å². The van der Waals surface area contributed by atoms with Crippen molar-refractivity contribution in [1.82, 2.24) is 0 Å². The largest absolute Gasteiger partial charge is 0.372 e. The molecular weight excluding hydrogens is 366 g/mol. The Bertz CT molecular complexity index is 983. The fraction of sp³-hybridized carbons (Fsp3) is 0.333. The summed E-state index contributed by atoms with van der Waals surface area (Å²) in [6.45, 7) is 10.8. The van der Waals surface area contributed by atoms with Crippen LogP contribution in [0, 0.1) is 16.7 Å². The van der Waals surface area contributed by atoms with Gasteiger partial charge in [-0.25, -0.2) is 0 Å². The van der Waals surface area contributed by atoms with E-state index in [1.165, 1.54) is 5.69 Å². The number of rotatable bonds is 6. The van der Waals surface area contributed by atoms with E-state index in [9.17, 15) is 5.26 Å². The van der Waals surface area contributed by atoms with Crippen molar-refractivity contribution >= 4 is 23.2 Å². The van der Waals surface area contributed by atoms with Gasteiger partial charge in [-0.1, -0.05) is 44.2 Å². The monoisotopic (exact) mass is 397 g/mol. The molecule has 30 heavy (non-hydrogen) atoms. The number of hydrogen-bond donors (Lipinski definition) is 0. The van der Waals surface area contributed by atoms with Gasteiger partial charge in [-0.2, -0.15) is 5.26 Å². The number of aliphatic imine (C=N–C) groups is 1. The average molecular weight is 398 g/mol. The molecule has 0 saturated carbocycles. The minimum atomic E-state index is 0.0662. The van der Waals surface area contributed by atoms with Gasteiger partial charge in [0.2, 0.25) is 0 Å². The molecule has 0 aromatic heterocycles. The van der Waals surface area contributed by atoms with Crippen molar-refractivity contribution in [2.24, 2.45) is 10.4 Å². The normalized spacial score (nSPS) is 17.4. The number of nitrogens with zero attached hydrogens (tertiary/aromatic N) is 3. The van der Waals surface area contributed by atoms with Crippen LogP contribution in [0.25, 0.3) is 6.08 Å². The Morgan fingerprint density at radius 1 is 1.03 bits per heavy atom. The lowest BCUT2D eigenvalue weighted by atomic mass is 9.74. The van der Waals surface area contributed by atoms with Crippen molar-refractivity contribution < 1.29 is 0 Å². The fourth-order valence-corrected chi connectivity index (χ4v) is 4.02. The fourth-order valence-electron chi connectivity index (χ4n) is 4.02. The van der Waals surface area contributed by atoms with Crippen LogP contribution in [0.5, 0.6) is 0 Å². The molecule has 0 atom stereocenters. The Morgan fingerprint density at radius 3 is 2.30 bits per heavy atom. The molecule has 0 radical (unpaired) electrons. The Labute approximate surface area is 181 Å². The van der Waals surface area contributed by atoms with E-state index >= 15 is 0 Å². The van der Waals surface area contributed by atoms with Crippen molar-refractivity contribution in [2.45, 2.75) is 40.5 Å². The molecule has 1 aliphatic rings. The first-order valence-electron chi connectivity index (χ1n) is 10.7. The van der Waals surface area contributed by atoms with Gasteiger partial charge in [0.25, 0.3) is 0 Å². The zero-order valence-corrected chi connectivity index (χ0v) is 18.5. The molecule has 0 unspecified atom stereocenters. The zero-order chi connectivity index (χ0) is 21.6. The van der Waals surface area contributed by atoms with E-state index in [1.54, 1.807) is 0 Å². The summed E-state index contributed by atoms with van der Waals surface area (Å²) >= 11 is 0. The molecule has 3 nitrogen and oxygen atoms in total. The number of hydrogen-bond acceptors (Lipinski definition) is 3. The second-order valence-electron chi connectivity index (χ2n) is 8.56. The summed E-state index contributed by atoms with van der Waals surface area (Å²) in [5.41, 5.74) is 6.11. The highest BCUT2D eigenvalue weighted by Gasteiger charge is 2.28. The molecule has 0 N–H and O–H groups in total. The number of benzene rings is 2. The maximum atomic E-state index is 9.81. The van der Waals surface area contributed by atoms with Crippen LogP contribution < -0.4 is 4.90 Å². The molecule has 0 amide bonds. The molecule has 1 aliphatic carbocycles. The highest BCUT2D eigenvalue weighted by atomic mass is 15.1. The van der Waals surface area contributed by atoms with E-state index in [-0.39, 0.29) is 5.41 Å². The molecule has 3 rings (SSSR count). The molecule has 2 aromatic carbocycles. The van der Waals surface area contributed by atoms with E-state index in [4.69, 9.17) is 4.99 Å². The van der Waals surface area contributed by atoms with Crippen molar-refractivity contribution in [3.63, 3.8) is 0 Å². The Balaban J connectivity index is 1.92. The minimum Gasteiger partial charge on any atom is -0.372 e. The second kappa shape index (κ2) is 9.59. The van der Waals surface area contributed by atoms with Gasteiger partial charge in [-0.15, -0.1) is 0 Å². The van der Waals surface area contributed by atoms with E-state index in [0.717, 1.165) is 54.0 Å². The zero-order valence-electron chi connectivity index (χ0n) is 18.5.